The summed E-state index contributed by atoms with van der Waals surface area (Å²) in [4.78, 5) is 14.9. The lowest BCUT2D eigenvalue weighted by atomic mass is 9.94. The maximum atomic E-state index is 12.5. The zero-order valence-electron chi connectivity index (χ0n) is 14.5. The molecule has 0 aliphatic heterocycles. The van der Waals surface area contributed by atoms with Crippen LogP contribution in [-0.2, 0) is 4.79 Å². The Bertz CT molecular complexity index is 489. The van der Waals surface area contributed by atoms with Crippen LogP contribution >= 0.6 is 0 Å². The van der Waals surface area contributed by atoms with Gasteiger partial charge in [-0.2, -0.15) is 0 Å². The highest BCUT2D eigenvalue weighted by molar-refractivity contribution is 5.83. The largest absolute Gasteiger partial charge is 0.354 e. The number of carbonyl (C=O) groups excluding carboxylic acids is 1. The Morgan fingerprint density at radius 3 is 2.41 bits per heavy atom. The molecule has 1 fully saturated rings. The van der Waals surface area contributed by atoms with Crippen LogP contribution in [0, 0.1) is 6.92 Å². The number of hydrogen-bond donors (Lipinski definition) is 1. The Labute approximate surface area is 135 Å². The molecule has 1 aromatic rings. The quantitative estimate of drug-likeness (QED) is 0.872. The van der Waals surface area contributed by atoms with Crippen molar-refractivity contribution >= 4 is 5.91 Å². The third-order valence-corrected chi connectivity index (χ3v) is 5.38. The maximum Gasteiger partial charge on any atom is 0.227 e. The van der Waals surface area contributed by atoms with Crippen LogP contribution in [0.2, 0.25) is 0 Å². The zero-order chi connectivity index (χ0) is 16.2. The Hall–Kier alpha value is -1.35. The van der Waals surface area contributed by atoms with E-state index in [1.807, 2.05) is 6.92 Å². The van der Waals surface area contributed by atoms with Gasteiger partial charge in [-0.05, 0) is 45.8 Å². The number of nitrogens with zero attached hydrogens (tertiary/aromatic N) is 1. The Morgan fingerprint density at radius 2 is 1.86 bits per heavy atom. The molecule has 0 radical (unpaired) electrons. The molecule has 122 valence electrons. The topological polar surface area (TPSA) is 32.3 Å². The molecular formula is C19H30N2O. The van der Waals surface area contributed by atoms with Crippen LogP contribution in [0.3, 0.4) is 0 Å². The number of amides is 1. The fourth-order valence-electron chi connectivity index (χ4n) is 3.47. The second-order valence-electron chi connectivity index (χ2n) is 6.80. The van der Waals surface area contributed by atoms with Gasteiger partial charge in [-0.1, -0.05) is 49.6 Å². The highest BCUT2D eigenvalue weighted by atomic mass is 16.1. The van der Waals surface area contributed by atoms with Gasteiger partial charge < -0.3 is 5.32 Å². The molecule has 0 unspecified atom stereocenters. The van der Waals surface area contributed by atoms with Crippen molar-refractivity contribution in [2.75, 3.05) is 20.1 Å². The summed E-state index contributed by atoms with van der Waals surface area (Å²) in [5.74, 6) is 0.0469. The van der Waals surface area contributed by atoms with Crippen molar-refractivity contribution in [3.63, 3.8) is 0 Å². The molecular weight excluding hydrogens is 272 g/mol. The molecule has 1 aromatic carbocycles. The molecule has 1 aliphatic rings. The van der Waals surface area contributed by atoms with Gasteiger partial charge in [0.15, 0.2) is 0 Å². The summed E-state index contributed by atoms with van der Waals surface area (Å²) in [6.07, 6.45) is 4.93. The minimum atomic E-state index is -0.0917. The first-order valence-corrected chi connectivity index (χ1v) is 8.54. The molecule has 1 saturated carbocycles. The third-order valence-electron chi connectivity index (χ3n) is 5.38. The van der Waals surface area contributed by atoms with Gasteiger partial charge in [0.1, 0.15) is 0 Å². The van der Waals surface area contributed by atoms with E-state index in [2.05, 4.69) is 55.4 Å². The number of benzene rings is 1. The van der Waals surface area contributed by atoms with Crippen LogP contribution in [0.1, 0.15) is 56.6 Å². The first-order valence-electron chi connectivity index (χ1n) is 8.54. The van der Waals surface area contributed by atoms with Crippen LogP contribution < -0.4 is 5.32 Å². The van der Waals surface area contributed by atoms with Gasteiger partial charge in [0.2, 0.25) is 5.91 Å². The lowest BCUT2D eigenvalue weighted by Crippen LogP contribution is -2.52. The van der Waals surface area contributed by atoms with E-state index in [-0.39, 0.29) is 17.4 Å². The molecule has 0 aromatic heterocycles. The molecule has 0 heterocycles. The standard InChI is InChI=1S/C19H30N2O/c1-5-21(4)19(12-6-7-13-19)14-20-18(22)16(3)17-10-8-15(2)9-11-17/h8-11,16H,5-7,12-14H2,1-4H3,(H,20,22)/t16-/m0/s1. The van der Waals surface area contributed by atoms with E-state index in [0.29, 0.717) is 0 Å². The number of rotatable bonds is 6. The zero-order valence-corrected chi connectivity index (χ0v) is 14.5. The first kappa shape index (κ1) is 17.0. The van der Waals surface area contributed by atoms with E-state index in [1.165, 1.54) is 31.2 Å². The van der Waals surface area contributed by atoms with Crippen molar-refractivity contribution in [2.24, 2.45) is 0 Å². The fraction of sp³-hybridized carbons (Fsp3) is 0.632. The average molecular weight is 302 g/mol. The van der Waals surface area contributed by atoms with Crippen molar-refractivity contribution in [3.8, 4) is 0 Å². The van der Waals surface area contributed by atoms with Crippen molar-refractivity contribution in [3.05, 3.63) is 35.4 Å². The van der Waals surface area contributed by atoms with Gasteiger partial charge in [0.05, 0.1) is 5.92 Å². The molecule has 22 heavy (non-hydrogen) atoms. The molecule has 1 amide bonds. The van der Waals surface area contributed by atoms with Crippen LogP contribution in [0.4, 0.5) is 0 Å². The second kappa shape index (κ2) is 7.28. The molecule has 0 bridgehead atoms. The fourth-order valence-corrected chi connectivity index (χ4v) is 3.47. The Balaban J connectivity index is 1.97. The van der Waals surface area contributed by atoms with Gasteiger partial charge in [-0.3, -0.25) is 9.69 Å². The number of nitrogens with one attached hydrogen (secondary N) is 1. The minimum Gasteiger partial charge on any atom is -0.354 e. The molecule has 1 aliphatic carbocycles. The summed E-state index contributed by atoms with van der Waals surface area (Å²) in [6.45, 7) is 8.05. The van der Waals surface area contributed by atoms with Crippen LogP contribution in [0.5, 0.6) is 0 Å². The maximum absolute atomic E-state index is 12.5. The number of carbonyl (C=O) groups is 1. The van der Waals surface area contributed by atoms with Crippen molar-refractivity contribution in [1.82, 2.24) is 10.2 Å². The molecule has 1 atom stereocenters. The number of hydrogen-bond acceptors (Lipinski definition) is 2. The van der Waals surface area contributed by atoms with Crippen molar-refractivity contribution < 1.29 is 4.79 Å². The third kappa shape index (κ3) is 3.70. The number of likely N-dealkylation sites (N-methyl/N-ethyl adjacent to an activating group) is 1. The highest BCUT2D eigenvalue weighted by Crippen LogP contribution is 2.34. The lowest BCUT2D eigenvalue weighted by molar-refractivity contribution is -0.122. The normalized spacial score (nSPS) is 18.4. The summed E-state index contributed by atoms with van der Waals surface area (Å²) in [7, 11) is 2.18. The Kier molecular flexibility index (Phi) is 5.63. The molecule has 0 saturated heterocycles. The van der Waals surface area contributed by atoms with E-state index < -0.39 is 0 Å². The summed E-state index contributed by atoms with van der Waals surface area (Å²) in [5, 5.41) is 3.21. The smallest absolute Gasteiger partial charge is 0.227 e. The van der Waals surface area contributed by atoms with Gasteiger partial charge in [0, 0.05) is 12.1 Å². The van der Waals surface area contributed by atoms with Gasteiger partial charge >= 0.3 is 0 Å². The van der Waals surface area contributed by atoms with E-state index >= 15 is 0 Å². The lowest BCUT2D eigenvalue weighted by Gasteiger charge is -2.38. The van der Waals surface area contributed by atoms with E-state index in [1.54, 1.807) is 0 Å². The first-order chi connectivity index (χ1) is 10.5. The monoisotopic (exact) mass is 302 g/mol. The number of aryl methyl sites for hydroxylation is 1. The van der Waals surface area contributed by atoms with E-state index in [9.17, 15) is 4.79 Å². The Morgan fingerprint density at radius 1 is 1.27 bits per heavy atom. The minimum absolute atomic E-state index is 0.0917. The van der Waals surface area contributed by atoms with Crippen LogP contribution in [0.25, 0.3) is 0 Å². The highest BCUT2D eigenvalue weighted by Gasteiger charge is 2.37. The van der Waals surface area contributed by atoms with Gasteiger partial charge in [-0.15, -0.1) is 0 Å². The second-order valence-corrected chi connectivity index (χ2v) is 6.80. The summed E-state index contributed by atoms with van der Waals surface area (Å²) < 4.78 is 0. The molecule has 2 rings (SSSR count). The average Bonchev–Trinajstić information content (AvgIpc) is 3.02. The predicted octanol–water partition coefficient (Wildman–Crippen LogP) is 3.48. The molecule has 3 nitrogen and oxygen atoms in total. The van der Waals surface area contributed by atoms with E-state index in [4.69, 9.17) is 0 Å². The molecule has 0 spiro atoms. The van der Waals surface area contributed by atoms with Crippen LogP contribution in [-0.4, -0.2) is 36.5 Å². The summed E-state index contributed by atoms with van der Waals surface area (Å²) in [5.41, 5.74) is 2.48. The van der Waals surface area contributed by atoms with E-state index in [0.717, 1.165) is 18.7 Å². The van der Waals surface area contributed by atoms with Gasteiger partial charge in [-0.25, -0.2) is 0 Å². The summed E-state index contributed by atoms with van der Waals surface area (Å²) in [6, 6.07) is 8.26. The van der Waals surface area contributed by atoms with Crippen molar-refractivity contribution in [2.45, 2.75) is 57.9 Å². The van der Waals surface area contributed by atoms with Crippen molar-refractivity contribution in [1.29, 1.82) is 0 Å². The molecule has 3 heteroatoms. The van der Waals surface area contributed by atoms with Crippen LogP contribution in [0.15, 0.2) is 24.3 Å². The molecule has 1 N–H and O–H groups in total. The summed E-state index contributed by atoms with van der Waals surface area (Å²) >= 11 is 0. The van der Waals surface area contributed by atoms with Gasteiger partial charge in [0.25, 0.3) is 0 Å². The SMILES string of the molecule is CCN(C)C1(CNC(=O)[C@@H](C)c2ccc(C)cc2)CCCC1. The predicted molar refractivity (Wildman–Crippen MR) is 92.1 cm³/mol.